The first-order valence-electron chi connectivity index (χ1n) is 7.66. The molecule has 0 aromatic heterocycles. The maximum atomic E-state index is 10.3. The van der Waals surface area contributed by atoms with E-state index in [1.165, 1.54) is 19.2 Å². The third-order valence-electron chi connectivity index (χ3n) is 4.03. The molecule has 0 saturated carbocycles. The second-order valence-corrected chi connectivity index (χ2v) is 5.75. The zero-order valence-corrected chi connectivity index (χ0v) is 13.9. The zero-order valence-electron chi connectivity index (χ0n) is 13.9. The van der Waals surface area contributed by atoms with Gasteiger partial charge < -0.3 is 30.0 Å². The van der Waals surface area contributed by atoms with Crippen LogP contribution in [-0.4, -0.2) is 46.3 Å². The van der Waals surface area contributed by atoms with E-state index in [-0.39, 0.29) is 34.5 Å². The molecule has 0 amide bonds. The Bertz CT molecular complexity index is 844. The van der Waals surface area contributed by atoms with Crippen molar-refractivity contribution in [3.63, 3.8) is 0 Å². The minimum absolute atomic E-state index is 0.0800. The van der Waals surface area contributed by atoms with Crippen molar-refractivity contribution in [1.82, 2.24) is 5.06 Å². The maximum absolute atomic E-state index is 10.3. The second-order valence-electron chi connectivity index (χ2n) is 5.75. The summed E-state index contributed by atoms with van der Waals surface area (Å²) in [4.78, 5) is 0. The third-order valence-corrected chi connectivity index (χ3v) is 4.03. The van der Waals surface area contributed by atoms with Gasteiger partial charge in [0.2, 0.25) is 11.5 Å². The van der Waals surface area contributed by atoms with Crippen LogP contribution in [0.5, 0.6) is 34.5 Å². The largest absolute Gasteiger partial charge is 0.504 e. The highest BCUT2D eigenvalue weighted by Crippen LogP contribution is 2.51. The second kappa shape index (κ2) is 6.54. The summed E-state index contributed by atoms with van der Waals surface area (Å²) in [6.45, 7) is 0.401. The van der Waals surface area contributed by atoms with E-state index in [2.05, 4.69) is 0 Å². The van der Waals surface area contributed by atoms with Crippen molar-refractivity contribution in [2.24, 2.45) is 0 Å². The van der Waals surface area contributed by atoms with Crippen molar-refractivity contribution in [3.8, 4) is 34.5 Å². The molecule has 0 aliphatic carbocycles. The smallest absolute Gasteiger partial charge is 0.206 e. The van der Waals surface area contributed by atoms with Crippen LogP contribution < -0.4 is 9.47 Å². The van der Waals surface area contributed by atoms with Gasteiger partial charge in [0.25, 0.3) is 0 Å². The van der Waals surface area contributed by atoms with Gasteiger partial charge in [-0.3, -0.25) is 0 Å². The predicted molar refractivity (Wildman–Crippen MR) is 91.6 cm³/mol. The Morgan fingerprint density at radius 1 is 1.08 bits per heavy atom. The van der Waals surface area contributed by atoms with Gasteiger partial charge in [-0.05, 0) is 24.1 Å². The number of rotatable bonds is 4. The molecule has 0 fully saturated rings. The van der Waals surface area contributed by atoms with E-state index < -0.39 is 0 Å². The SMILES string of the molecule is COc1c(O)cc2c(c1O)Oc1c(O)ccc(CCN(C)O)c1C=C2. The molecular formula is C18H19NO6. The van der Waals surface area contributed by atoms with Gasteiger partial charge in [-0.1, -0.05) is 18.2 Å². The van der Waals surface area contributed by atoms with Crippen molar-refractivity contribution in [1.29, 1.82) is 0 Å². The van der Waals surface area contributed by atoms with E-state index in [1.54, 1.807) is 25.3 Å². The topological polar surface area (TPSA) is 103 Å². The lowest BCUT2D eigenvalue weighted by Crippen LogP contribution is -2.16. The van der Waals surface area contributed by atoms with Gasteiger partial charge >= 0.3 is 0 Å². The number of ether oxygens (including phenoxy) is 2. The summed E-state index contributed by atoms with van der Waals surface area (Å²) >= 11 is 0. The highest BCUT2D eigenvalue weighted by Gasteiger charge is 2.24. The molecule has 1 aliphatic rings. The number of hydrogen-bond acceptors (Lipinski definition) is 7. The summed E-state index contributed by atoms with van der Waals surface area (Å²) in [5.41, 5.74) is 1.93. The molecule has 1 aliphatic heterocycles. The number of benzene rings is 2. The molecule has 2 aromatic rings. The van der Waals surface area contributed by atoms with E-state index in [4.69, 9.17) is 9.47 Å². The van der Waals surface area contributed by atoms with E-state index in [0.717, 1.165) is 10.6 Å². The fourth-order valence-corrected chi connectivity index (χ4v) is 2.77. The predicted octanol–water partition coefficient (Wildman–Crippen LogP) is 2.95. The molecule has 0 radical (unpaired) electrons. The van der Waals surface area contributed by atoms with Crippen molar-refractivity contribution in [2.45, 2.75) is 6.42 Å². The molecule has 0 unspecified atom stereocenters. The van der Waals surface area contributed by atoms with E-state index >= 15 is 0 Å². The van der Waals surface area contributed by atoms with E-state index in [9.17, 15) is 20.5 Å². The van der Waals surface area contributed by atoms with Gasteiger partial charge in [0.05, 0.1) is 7.11 Å². The molecule has 2 aromatic carbocycles. The molecule has 25 heavy (non-hydrogen) atoms. The standard InChI is InChI=1S/C18H19NO6/c1-19(23)8-7-10-4-6-13(20)17-12(10)5-3-11-9-14(21)18(24-2)15(22)16(11)25-17/h3-6,9,20-23H,7-8H2,1-2H3. The number of hydrogen-bond donors (Lipinski definition) is 4. The number of likely N-dealkylation sites (N-methyl/N-ethyl adjacent to an activating group) is 1. The average molecular weight is 345 g/mol. The Morgan fingerprint density at radius 2 is 1.84 bits per heavy atom. The first-order chi connectivity index (χ1) is 11.9. The third kappa shape index (κ3) is 3.07. The van der Waals surface area contributed by atoms with Crippen LogP contribution >= 0.6 is 0 Å². The van der Waals surface area contributed by atoms with E-state index in [0.29, 0.717) is 24.1 Å². The van der Waals surface area contributed by atoms with Crippen molar-refractivity contribution < 1.29 is 30.0 Å². The van der Waals surface area contributed by atoms with Crippen molar-refractivity contribution >= 4 is 12.2 Å². The maximum Gasteiger partial charge on any atom is 0.206 e. The van der Waals surface area contributed by atoms with Crippen LogP contribution in [0.25, 0.3) is 12.2 Å². The lowest BCUT2D eigenvalue weighted by Gasteiger charge is -2.16. The minimum atomic E-state index is -0.352. The van der Waals surface area contributed by atoms with Gasteiger partial charge in [-0.2, -0.15) is 5.06 Å². The van der Waals surface area contributed by atoms with Gasteiger partial charge in [-0.25, -0.2) is 0 Å². The fraction of sp³-hybridized carbons (Fsp3) is 0.222. The highest BCUT2D eigenvalue weighted by atomic mass is 16.5. The number of methoxy groups -OCH3 is 1. The Hall–Kier alpha value is -2.90. The molecule has 4 N–H and O–H groups in total. The first kappa shape index (κ1) is 16.9. The molecule has 0 spiro atoms. The summed E-state index contributed by atoms with van der Waals surface area (Å²) in [5, 5.41) is 40.9. The Balaban J connectivity index is 2.12. The van der Waals surface area contributed by atoms with Crippen molar-refractivity contribution in [2.75, 3.05) is 20.7 Å². The summed E-state index contributed by atoms with van der Waals surface area (Å²) < 4.78 is 10.8. The van der Waals surface area contributed by atoms with Crippen LogP contribution in [0.15, 0.2) is 18.2 Å². The number of fused-ring (bicyclic) bond motifs is 2. The quantitative estimate of drug-likeness (QED) is 0.539. The van der Waals surface area contributed by atoms with Gasteiger partial charge in [0.1, 0.15) is 0 Å². The first-order valence-corrected chi connectivity index (χ1v) is 7.66. The number of phenolic OH excluding ortho intramolecular Hbond substituents is 3. The lowest BCUT2D eigenvalue weighted by atomic mass is 10.0. The van der Waals surface area contributed by atoms with Crippen LogP contribution in [0.3, 0.4) is 0 Å². The summed E-state index contributed by atoms with van der Waals surface area (Å²) in [7, 11) is 2.87. The van der Waals surface area contributed by atoms with Crippen molar-refractivity contribution in [3.05, 3.63) is 34.9 Å². The number of nitrogens with zero attached hydrogens (tertiary/aromatic N) is 1. The Morgan fingerprint density at radius 3 is 2.52 bits per heavy atom. The monoisotopic (exact) mass is 345 g/mol. The molecule has 0 saturated heterocycles. The Labute approximate surface area is 144 Å². The molecule has 132 valence electrons. The minimum Gasteiger partial charge on any atom is -0.504 e. The molecule has 7 heteroatoms. The molecule has 1 heterocycles. The average Bonchev–Trinajstić information content (AvgIpc) is 2.75. The van der Waals surface area contributed by atoms with Crippen LogP contribution in [0, 0.1) is 0 Å². The molecule has 0 bridgehead atoms. The Kier molecular flexibility index (Phi) is 4.43. The zero-order chi connectivity index (χ0) is 18.1. The van der Waals surface area contributed by atoms with Gasteiger partial charge in [0, 0.05) is 24.7 Å². The van der Waals surface area contributed by atoms with Crippen LogP contribution in [0.2, 0.25) is 0 Å². The van der Waals surface area contributed by atoms with Gasteiger partial charge in [0.15, 0.2) is 23.0 Å². The lowest BCUT2D eigenvalue weighted by molar-refractivity contribution is -0.0634. The summed E-state index contributed by atoms with van der Waals surface area (Å²) in [6, 6.07) is 4.66. The van der Waals surface area contributed by atoms with E-state index in [1.807, 2.05) is 0 Å². The number of hydroxylamine groups is 2. The van der Waals surface area contributed by atoms with Crippen LogP contribution in [0.4, 0.5) is 0 Å². The molecular weight excluding hydrogens is 326 g/mol. The highest BCUT2D eigenvalue weighted by molar-refractivity contribution is 5.83. The fourth-order valence-electron chi connectivity index (χ4n) is 2.77. The van der Waals surface area contributed by atoms with Gasteiger partial charge in [-0.15, -0.1) is 0 Å². The van der Waals surface area contributed by atoms with Crippen LogP contribution in [0.1, 0.15) is 16.7 Å². The summed E-state index contributed by atoms with van der Waals surface area (Å²) in [6.07, 6.45) is 3.94. The molecule has 3 rings (SSSR count). The number of phenols is 3. The normalized spacial score (nSPS) is 12.3. The number of aromatic hydroxyl groups is 3. The molecule has 0 atom stereocenters. The molecule has 7 nitrogen and oxygen atoms in total. The van der Waals surface area contributed by atoms with Crippen LogP contribution in [-0.2, 0) is 6.42 Å². The summed E-state index contributed by atoms with van der Waals surface area (Å²) in [5.74, 6) is -0.486.